The van der Waals surface area contributed by atoms with Crippen molar-refractivity contribution in [2.45, 2.75) is 37.8 Å². The number of thiazole rings is 1. The van der Waals surface area contributed by atoms with Gasteiger partial charge in [0.1, 0.15) is 4.88 Å². The first-order chi connectivity index (χ1) is 9.72. The third-order valence-electron chi connectivity index (χ3n) is 3.57. The topological polar surface area (TPSA) is 81.1 Å². The van der Waals surface area contributed by atoms with E-state index in [4.69, 9.17) is 10.2 Å². The second-order valence-electron chi connectivity index (χ2n) is 5.09. The highest BCUT2D eigenvalue weighted by Crippen LogP contribution is 2.26. The number of nitrogens with zero attached hydrogens (tertiary/aromatic N) is 1. The summed E-state index contributed by atoms with van der Waals surface area (Å²) >= 11 is 1.35. The molecule has 2 aromatic rings. The van der Waals surface area contributed by atoms with Crippen molar-refractivity contribution < 1.29 is 9.21 Å². The van der Waals surface area contributed by atoms with Gasteiger partial charge in [0.2, 0.25) is 0 Å². The lowest BCUT2D eigenvalue weighted by atomic mass is 9.92. The highest BCUT2D eigenvalue weighted by atomic mass is 35.5. The van der Waals surface area contributed by atoms with E-state index in [1.165, 1.54) is 11.3 Å². The normalized spacial score (nSPS) is 20.6. The summed E-state index contributed by atoms with van der Waals surface area (Å²) in [5, 5.41) is 3.79. The largest absolute Gasteiger partial charge is 0.462 e. The van der Waals surface area contributed by atoms with Crippen LogP contribution in [0.2, 0.25) is 0 Å². The predicted octanol–water partition coefficient (Wildman–Crippen LogP) is 3.25. The molecule has 0 radical (unpaired) electrons. The van der Waals surface area contributed by atoms with Crippen molar-refractivity contribution in [2.75, 3.05) is 0 Å². The highest BCUT2D eigenvalue weighted by Gasteiger charge is 2.21. The van der Waals surface area contributed by atoms with Gasteiger partial charge in [0.25, 0.3) is 5.91 Å². The number of hydrogen-bond acceptors (Lipinski definition) is 5. The number of carbonyl (C=O) groups is 1. The molecule has 8 heteroatoms. The van der Waals surface area contributed by atoms with E-state index in [1.54, 1.807) is 12.5 Å². The number of nitrogens with one attached hydrogen (secondary N) is 1. The molecule has 1 aliphatic rings. The first-order valence-electron chi connectivity index (χ1n) is 6.78. The minimum absolute atomic E-state index is 0. The molecule has 3 N–H and O–H groups in total. The van der Waals surface area contributed by atoms with Gasteiger partial charge in [-0.2, -0.15) is 0 Å². The van der Waals surface area contributed by atoms with Crippen LogP contribution in [0, 0.1) is 0 Å². The Hall–Kier alpha value is -1.08. The lowest BCUT2D eigenvalue weighted by Crippen LogP contribution is -2.40. The van der Waals surface area contributed by atoms with Crippen molar-refractivity contribution >= 4 is 42.1 Å². The third kappa shape index (κ3) is 4.46. The van der Waals surface area contributed by atoms with E-state index in [2.05, 4.69) is 10.3 Å². The molecule has 0 bridgehead atoms. The second kappa shape index (κ2) is 8.53. The lowest BCUT2D eigenvalue weighted by Gasteiger charge is -2.26. The Morgan fingerprint density at radius 1 is 1.32 bits per heavy atom. The number of hydrogen-bond donors (Lipinski definition) is 2. The summed E-state index contributed by atoms with van der Waals surface area (Å²) in [7, 11) is 0. The van der Waals surface area contributed by atoms with Gasteiger partial charge in [0, 0.05) is 12.1 Å². The zero-order valence-corrected chi connectivity index (χ0v) is 14.3. The van der Waals surface area contributed by atoms with Crippen LogP contribution in [0.25, 0.3) is 10.8 Å². The molecule has 0 aromatic carbocycles. The number of rotatable bonds is 3. The molecule has 0 atom stereocenters. The van der Waals surface area contributed by atoms with Crippen LogP contribution in [0.15, 0.2) is 29.0 Å². The summed E-state index contributed by atoms with van der Waals surface area (Å²) in [4.78, 5) is 17.0. The van der Waals surface area contributed by atoms with Gasteiger partial charge in [-0.1, -0.05) is 0 Å². The van der Waals surface area contributed by atoms with E-state index in [-0.39, 0.29) is 42.8 Å². The van der Waals surface area contributed by atoms with Gasteiger partial charge in [0.15, 0.2) is 10.8 Å². The van der Waals surface area contributed by atoms with Crippen molar-refractivity contribution in [3.05, 3.63) is 29.5 Å². The van der Waals surface area contributed by atoms with Gasteiger partial charge in [-0.25, -0.2) is 4.98 Å². The molecular weight excluding hydrogens is 345 g/mol. The van der Waals surface area contributed by atoms with Crippen LogP contribution in [0.3, 0.4) is 0 Å². The van der Waals surface area contributed by atoms with Crippen molar-refractivity contribution in [1.29, 1.82) is 0 Å². The van der Waals surface area contributed by atoms with Gasteiger partial charge in [-0.05, 0) is 37.8 Å². The second-order valence-corrected chi connectivity index (χ2v) is 6.12. The fraction of sp³-hybridized carbons (Fsp3) is 0.429. The molecule has 2 aromatic heterocycles. The van der Waals surface area contributed by atoms with Gasteiger partial charge in [0.05, 0.1) is 12.5 Å². The summed E-state index contributed by atoms with van der Waals surface area (Å²) in [6, 6.07) is 4.17. The summed E-state index contributed by atoms with van der Waals surface area (Å²) in [6.07, 6.45) is 7.07. The molecule has 0 spiro atoms. The van der Waals surface area contributed by atoms with E-state index in [0.717, 1.165) is 30.7 Å². The maximum atomic E-state index is 12.2. The van der Waals surface area contributed by atoms with Crippen molar-refractivity contribution in [2.24, 2.45) is 5.73 Å². The summed E-state index contributed by atoms with van der Waals surface area (Å²) in [5.41, 5.74) is 5.87. The van der Waals surface area contributed by atoms with E-state index in [9.17, 15) is 4.79 Å². The molecule has 1 aliphatic carbocycles. The summed E-state index contributed by atoms with van der Waals surface area (Å²) < 4.78 is 5.28. The standard InChI is InChI=1S/C14H17N3O2S.2ClH/c15-9-3-5-10(6-4-9)17-13(18)12-8-16-14(20-12)11-2-1-7-19-11;;/h1-2,7-10H,3-6,15H2,(H,17,18);2*1H. The van der Waals surface area contributed by atoms with Crippen LogP contribution in [0.4, 0.5) is 0 Å². The molecule has 122 valence electrons. The van der Waals surface area contributed by atoms with Crippen LogP contribution < -0.4 is 11.1 Å². The average Bonchev–Trinajstić information content (AvgIpc) is 3.11. The van der Waals surface area contributed by atoms with Crippen molar-refractivity contribution in [1.82, 2.24) is 10.3 Å². The van der Waals surface area contributed by atoms with Crippen molar-refractivity contribution in [3.8, 4) is 10.8 Å². The Balaban J connectivity index is 0.00000121. The van der Waals surface area contributed by atoms with Gasteiger partial charge < -0.3 is 15.5 Å². The fourth-order valence-corrected chi connectivity index (χ4v) is 3.20. The molecule has 1 fully saturated rings. The average molecular weight is 364 g/mol. The van der Waals surface area contributed by atoms with Gasteiger partial charge in [-0.15, -0.1) is 36.2 Å². The smallest absolute Gasteiger partial charge is 0.263 e. The van der Waals surface area contributed by atoms with Crippen LogP contribution in [0.5, 0.6) is 0 Å². The third-order valence-corrected chi connectivity index (χ3v) is 4.58. The number of aromatic nitrogens is 1. The number of halogens is 2. The fourth-order valence-electron chi connectivity index (χ4n) is 2.41. The molecule has 0 aliphatic heterocycles. The molecule has 3 rings (SSSR count). The molecule has 2 heterocycles. The minimum Gasteiger partial charge on any atom is -0.462 e. The number of carbonyl (C=O) groups excluding carboxylic acids is 1. The molecule has 5 nitrogen and oxygen atoms in total. The van der Waals surface area contributed by atoms with E-state index in [1.807, 2.05) is 12.1 Å². The highest BCUT2D eigenvalue weighted by molar-refractivity contribution is 7.16. The Morgan fingerprint density at radius 3 is 2.68 bits per heavy atom. The quantitative estimate of drug-likeness (QED) is 0.876. The van der Waals surface area contributed by atoms with Crippen LogP contribution in [0.1, 0.15) is 35.4 Å². The van der Waals surface area contributed by atoms with Crippen LogP contribution >= 0.6 is 36.2 Å². The number of amides is 1. The monoisotopic (exact) mass is 363 g/mol. The summed E-state index contributed by atoms with van der Waals surface area (Å²) in [5.74, 6) is 0.637. The van der Waals surface area contributed by atoms with Crippen molar-refractivity contribution in [3.63, 3.8) is 0 Å². The Labute approximate surface area is 145 Å². The Morgan fingerprint density at radius 2 is 2.05 bits per heavy atom. The van der Waals surface area contributed by atoms with E-state index in [0.29, 0.717) is 10.6 Å². The molecule has 0 unspecified atom stereocenters. The van der Waals surface area contributed by atoms with Gasteiger partial charge >= 0.3 is 0 Å². The zero-order valence-electron chi connectivity index (χ0n) is 11.9. The zero-order chi connectivity index (χ0) is 13.9. The molecule has 22 heavy (non-hydrogen) atoms. The maximum absolute atomic E-state index is 12.2. The number of furan rings is 1. The van der Waals surface area contributed by atoms with E-state index < -0.39 is 0 Å². The first kappa shape index (κ1) is 19.0. The van der Waals surface area contributed by atoms with Crippen LogP contribution in [-0.2, 0) is 0 Å². The predicted molar refractivity (Wildman–Crippen MR) is 92.0 cm³/mol. The molecule has 1 saturated carbocycles. The molecule has 1 amide bonds. The summed E-state index contributed by atoms with van der Waals surface area (Å²) in [6.45, 7) is 0. The Kier molecular flexibility index (Phi) is 7.35. The Bertz CT molecular complexity index is 581. The van der Waals surface area contributed by atoms with Crippen LogP contribution in [-0.4, -0.2) is 23.0 Å². The SMILES string of the molecule is Cl.Cl.NC1CCC(NC(=O)c2cnc(-c3ccco3)s2)CC1. The maximum Gasteiger partial charge on any atom is 0.263 e. The lowest BCUT2D eigenvalue weighted by molar-refractivity contribution is 0.0930. The van der Waals surface area contributed by atoms with Gasteiger partial charge in [-0.3, -0.25) is 4.79 Å². The molecule has 0 saturated heterocycles. The van der Waals surface area contributed by atoms with E-state index >= 15 is 0 Å². The molecular formula is C14H19Cl2N3O2S. The first-order valence-corrected chi connectivity index (χ1v) is 7.60. The number of nitrogens with two attached hydrogens (primary N) is 1. The minimum atomic E-state index is -0.0548.